The van der Waals surface area contributed by atoms with Crippen molar-refractivity contribution < 1.29 is 4.42 Å². The third-order valence-electron chi connectivity index (χ3n) is 2.92. The van der Waals surface area contributed by atoms with Gasteiger partial charge in [0.05, 0.1) is 6.20 Å². The van der Waals surface area contributed by atoms with Crippen LogP contribution in [-0.4, -0.2) is 16.7 Å². The molecule has 98 valence electrons. The number of nitrogens with one attached hydrogen (secondary N) is 2. The van der Waals surface area contributed by atoms with Gasteiger partial charge in [0.15, 0.2) is 5.76 Å². The maximum Gasteiger partial charge on any atom is 0.152 e. The lowest BCUT2D eigenvalue weighted by molar-refractivity contribution is 0.534. The maximum absolute atomic E-state index is 5.61. The molecule has 0 amide bonds. The fourth-order valence-electron chi connectivity index (χ4n) is 1.84. The average molecular weight is 247 g/mol. The number of hydrogen-bond donors (Lipinski definition) is 2. The van der Waals surface area contributed by atoms with Crippen LogP contribution in [0.4, 0.5) is 0 Å². The molecule has 0 radical (unpaired) electrons. The van der Waals surface area contributed by atoms with Gasteiger partial charge in [-0.25, -0.2) is 0 Å². The molecule has 4 nitrogen and oxygen atoms in total. The molecular formula is C14H21N3O. The second-order valence-electron chi connectivity index (χ2n) is 5.04. The van der Waals surface area contributed by atoms with E-state index in [-0.39, 0.29) is 0 Å². The quantitative estimate of drug-likeness (QED) is 0.771. The minimum absolute atomic E-state index is 0.731. The highest BCUT2D eigenvalue weighted by atomic mass is 16.3. The molecule has 0 aromatic carbocycles. The van der Waals surface area contributed by atoms with Crippen LogP contribution in [0.5, 0.6) is 0 Å². The number of aromatic nitrogens is 2. The molecule has 0 aliphatic rings. The molecule has 4 heteroatoms. The van der Waals surface area contributed by atoms with Crippen LogP contribution in [0.3, 0.4) is 0 Å². The molecule has 0 saturated carbocycles. The predicted octanol–water partition coefficient (Wildman–Crippen LogP) is 3.11. The largest absolute Gasteiger partial charge is 0.460 e. The van der Waals surface area contributed by atoms with E-state index in [4.69, 9.17) is 4.42 Å². The lowest BCUT2D eigenvalue weighted by Crippen LogP contribution is -2.16. The van der Waals surface area contributed by atoms with Crippen molar-refractivity contribution in [2.45, 2.75) is 33.7 Å². The molecular weight excluding hydrogens is 226 g/mol. The second kappa shape index (κ2) is 5.87. The summed E-state index contributed by atoms with van der Waals surface area (Å²) in [5, 5.41) is 10.5. The van der Waals surface area contributed by atoms with E-state index < -0.39 is 0 Å². The molecule has 0 unspecified atom stereocenters. The molecule has 0 bridgehead atoms. The number of furan rings is 1. The Morgan fingerprint density at radius 3 is 2.89 bits per heavy atom. The predicted molar refractivity (Wildman–Crippen MR) is 72.2 cm³/mol. The molecule has 18 heavy (non-hydrogen) atoms. The molecule has 2 aromatic rings. The topological polar surface area (TPSA) is 53.9 Å². The summed E-state index contributed by atoms with van der Waals surface area (Å²) in [5.41, 5.74) is 2.12. The molecule has 0 aliphatic carbocycles. The van der Waals surface area contributed by atoms with E-state index in [1.165, 1.54) is 6.42 Å². The van der Waals surface area contributed by atoms with Crippen LogP contribution >= 0.6 is 0 Å². The molecule has 0 saturated heterocycles. The number of H-pyrrole nitrogens is 1. The first kappa shape index (κ1) is 12.9. The number of rotatable bonds is 6. The zero-order valence-electron chi connectivity index (χ0n) is 11.3. The Labute approximate surface area is 108 Å². The molecule has 2 rings (SSSR count). The summed E-state index contributed by atoms with van der Waals surface area (Å²) < 4.78 is 5.61. The number of hydrogen-bond acceptors (Lipinski definition) is 3. The van der Waals surface area contributed by atoms with E-state index in [2.05, 4.69) is 29.4 Å². The molecule has 0 fully saturated rings. The normalized spacial score (nSPS) is 11.3. The van der Waals surface area contributed by atoms with Gasteiger partial charge in [-0.05, 0) is 37.9 Å². The van der Waals surface area contributed by atoms with Crippen molar-refractivity contribution in [1.29, 1.82) is 0 Å². The standard InChI is InChI=1S/C14H21N3O/c1-10(2)6-7-15-8-12-9-16-17-14(12)13-5-4-11(3)18-13/h4-5,9-10,15H,6-8H2,1-3H3,(H,16,17). The van der Waals surface area contributed by atoms with Crippen molar-refractivity contribution >= 4 is 0 Å². The number of aryl methyl sites for hydroxylation is 1. The molecule has 2 aromatic heterocycles. The highest BCUT2D eigenvalue weighted by Crippen LogP contribution is 2.23. The Morgan fingerprint density at radius 2 is 2.22 bits per heavy atom. The minimum atomic E-state index is 0.731. The second-order valence-corrected chi connectivity index (χ2v) is 5.04. The lowest BCUT2D eigenvalue weighted by atomic mass is 10.1. The van der Waals surface area contributed by atoms with E-state index >= 15 is 0 Å². The van der Waals surface area contributed by atoms with Crippen LogP contribution in [0.1, 0.15) is 31.6 Å². The van der Waals surface area contributed by atoms with Crippen LogP contribution in [0.2, 0.25) is 0 Å². The van der Waals surface area contributed by atoms with Gasteiger partial charge in [-0.15, -0.1) is 0 Å². The molecule has 0 atom stereocenters. The van der Waals surface area contributed by atoms with Crippen LogP contribution in [0.15, 0.2) is 22.7 Å². The van der Waals surface area contributed by atoms with Crippen LogP contribution in [0.25, 0.3) is 11.5 Å². The van der Waals surface area contributed by atoms with E-state index in [9.17, 15) is 0 Å². The van der Waals surface area contributed by atoms with Gasteiger partial charge in [-0.2, -0.15) is 5.10 Å². The summed E-state index contributed by atoms with van der Waals surface area (Å²) in [6.07, 6.45) is 3.04. The Kier molecular flexibility index (Phi) is 4.20. The van der Waals surface area contributed by atoms with E-state index in [1.807, 2.05) is 25.3 Å². The van der Waals surface area contributed by atoms with Crippen molar-refractivity contribution in [1.82, 2.24) is 15.5 Å². The van der Waals surface area contributed by atoms with Gasteiger partial charge in [0.1, 0.15) is 11.5 Å². The van der Waals surface area contributed by atoms with Crippen LogP contribution in [-0.2, 0) is 6.54 Å². The summed E-state index contributed by atoms with van der Waals surface area (Å²) >= 11 is 0. The summed E-state index contributed by atoms with van der Waals surface area (Å²) in [6, 6.07) is 3.94. The Morgan fingerprint density at radius 1 is 1.39 bits per heavy atom. The summed E-state index contributed by atoms with van der Waals surface area (Å²) in [6.45, 7) is 8.26. The van der Waals surface area contributed by atoms with Gasteiger partial charge in [0.2, 0.25) is 0 Å². The number of nitrogens with zero attached hydrogens (tertiary/aromatic N) is 1. The fraction of sp³-hybridized carbons (Fsp3) is 0.500. The van der Waals surface area contributed by atoms with Gasteiger partial charge in [0, 0.05) is 12.1 Å². The van der Waals surface area contributed by atoms with Crippen molar-refractivity contribution in [3.05, 3.63) is 29.7 Å². The highest BCUT2D eigenvalue weighted by molar-refractivity contribution is 5.56. The SMILES string of the molecule is Cc1ccc(-c2[nH]ncc2CNCCC(C)C)o1. The molecule has 0 spiro atoms. The summed E-state index contributed by atoms with van der Waals surface area (Å²) in [7, 11) is 0. The third-order valence-corrected chi connectivity index (χ3v) is 2.92. The van der Waals surface area contributed by atoms with E-state index in [0.29, 0.717) is 0 Å². The van der Waals surface area contributed by atoms with Crippen LogP contribution in [0, 0.1) is 12.8 Å². The molecule has 0 aliphatic heterocycles. The van der Waals surface area contributed by atoms with Crippen LogP contribution < -0.4 is 5.32 Å². The molecule has 2 heterocycles. The summed E-state index contributed by atoms with van der Waals surface area (Å²) in [4.78, 5) is 0. The Balaban J connectivity index is 1.96. The zero-order chi connectivity index (χ0) is 13.0. The van der Waals surface area contributed by atoms with Gasteiger partial charge in [0.25, 0.3) is 0 Å². The Bertz CT molecular complexity index is 485. The van der Waals surface area contributed by atoms with Crippen molar-refractivity contribution in [2.24, 2.45) is 5.92 Å². The van der Waals surface area contributed by atoms with E-state index in [0.717, 1.165) is 41.8 Å². The first-order chi connectivity index (χ1) is 8.66. The fourth-order valence-corrected chi connectivity index (χ4v) is 1.84. The first-order valence-electron chi connectivity index (χ1n) is 6.46. The first-order valence-corrected chi connectivity index (χ1v) is 6.46. The Hall–Kier alpha value is -1.55. The monoisotopic (exact) mass is 247 g/mol. The van der Waals surface area contributed by atoms with Crippen molar-refractivity contribution in [3.63, 3.8) is 0 Å². The molecule has 2 N–H and O–H groups in total. The van der Waals surface area contributed by atoms with E-state index in [1.54, 1.807) is 0 Å². The summed E-state index contributed by atoms with van der Waals surface area (Å²) in [5.74, 6) is 2.50. The minimum Gasteiger partial charge on any atom is -0.460 e. The number of aromatic amines is 1. The smallest absolute Gasteiger partial charge is 0.152 e. The van der Waals surface area contributed by atoms with Gasteiger partial charge in [-0.1, -0.05) is 13.8 Å². The van der Waals surface area contributed by atoms with Gasteiger partial charge >= 0.3 is 0 Å². The zero-order valence-corrected chi connectivity index (χ0v) is 11.3. The highest BCUT2D eigenvalue weighted by Gasteiger charge is 2.10. The average Bonchev–Trinajstić information content (AvgIpc) is 2.92. The van der Waals surface area contributed by atoms with Gasteiger partial charge < -0.3 is 9.73 Å². The van der Waals surface area contributed by atoms with Gasteiger partial charge in [-0.3, -0.25) is 5.10 Å². The maximum atomic E-state index is 5.61. The van der Waals surface area contributed by atoms with Crippen molar-refractivity contribution in [3.8, 4) is 11.5 Å². The third kappa shape index (κ3) is 3.23. The lowest BCUT2D eigenvalue weighted by Gasteiger charge is -2.06. The van der Waals surface area contributed by atoms with Crippen molar-refractivity contribution in [2.75, 3.05) is 6.54 Å².